The Labute approximate surface area is 201 Å². The molecule has 2 aliphatic rings. The van der Waals surface area contributed by atoms with Gasteiger partial charge in [0.05, 0.1) is 17.3 Å². The summed E-state index contributed by atoms with van der Waals surface area (Å²) < 4.78 is 26.0. The van der Waals surface area contributed by atoms with E-state index in [0.29, 0.717) is 11.6 Å². The summed E-state index contributed by atoms with van der Waals surface area (Å²) in [6.07, 6.45) is 4.68. The highest BCUT2D eigenvalue weighted by Crippen LogP contribution is 2.31. The number of sulfone groups is 1. The Kier molecular flexibility index (Phi) is 6.92. The van der Waals surface area contributed by atoms with E-state index in [-0.39, 0.29) is 40.7 Å². The lowest BCUT2D eigenvalue weighted by Gasteiger charge is -2.34. The van der Waals surface area contributed by atoms with Crippen LogP contribution in [-0.2, 0) is 27.1 Å². The molecule has 1 aliphatic carbocycles. The van der Waals surface area contributed by atoms with Gasteiger partial charge in [-0.2, -0.15) is 0 Å². The van der Waals surface area contributed by atoms with Crippen LogP contribution in [-0.4, -0.2) is 63.3 Å². The minimum atomic E-state index is -3.04. The van der Waals surface area contributed by atoms with Crippen molar-refractivity contribution in [3.05, 3.63) is 29.8 Å². The Morgan fingerprint density at radius 1 is 1.09 bits per heavy atom. The Morgan fingerprint density at radius 2 is 1.76 bits per heavy atom. The number of rotatable bonds is 6. The zero-order valence-corrected chi connectivity index (χ0v) is 21.6. The summed E-state index contributed by atoms with van der Waals surface area (Å²) in [5.41, 5.74) is 2.33. The number of amides is 1. The first-order valence-electron chi connectivity index (χ1n) is 11.7. The van der Waals surface area contributed by atoms with Gasteiger partial charge in [-0.1, -0.05) is 69.6 Å². The molecule has 0 N–H and O–H groups in total. The number of hydrogen-bond donors (Lipinski definition) is 0. The van der Waals surface area contributed by atoms with Gasteiger partial charge >= 0.3 is 0 Å². The monoisotopic (exact) mass is 490 g/mol. The molecule has 180 valence electrons. The molecule has 1 atom stereocenters. The number of benzene rings is 1. The van der Waals surface area contributed by atoms with Crippen LogP contribution in [0.25, 0.3) is 11.4 Å². The lowest BCUT2D eigenvalue weighted by atomic mass is 9.87. The molecule has 1 aliphatic heterocycles. The van der Waals surface area contributed by atoms with Gasteiger partial charge in [-0.15, -0.1) is 10.2 Å². The van der Waals surface area contributed by atoms with E-state index in [9.17, 15) is 13.2 Å². The maximum absolute atomic E-state index is 13.3. The lowest BCUT2D eigenvalue weighted by Crippen LogP contribution is -2.47. The normalized spacial score (nSPS) is 20.9. The van der Waals surface area contributed by atoms with Crippen LogP contribution >= 0.6 is 11.8 Å². The molecule has 1 saturated carbocycles. The molecule has 2 heterocycles. The van der Waals surface area contributed by atoms with Crippen molar-refractivity contribution in [2.75, 3.05) is 17.3 Å². The minimum absolute atomic E-state index is 0.00748. The summed E-state index contributed by atoms with van der Waals surface area (Å²) in [4.78, 5) is 15.2. The van der Waals surface area contributed by atoms with Gasteiger partial charge in [0, 0.05) is 24.7 Å². The predicted octanol–water partition coefficient (Wildman–Crippen LogP) is 3.83. The summed E-state index contributed by atoms with van der Waals surface area (Å²) in [6, 6.07) is 8.33. The Hall–Kier alpha value is -1.87. The molecule has 2 aromatic rings. The fourth-order valence-corrected chi connectivity index (χ4v) is 7.39. The molecule has 33 heavy (non-hydrogen) atoms. The third kappa shape index (κ3) is 5.45. The summed E-state index contributed by atoms with van der Waals surface area (Å²) in [7, 11) is -1.13. The quantitative estimate of drug-likeness (QED) is 0.572. The van der Waals surface area contributed by atoms with Gasteiger partial charge in [-0.3, -0.25) is 4.79 Å². The van der Waals surface area contributed by atoms with Crippen molar-refractivity contribution in [3.63, 3.8) is 0 Å². The van der Waals surface area contributed by atoms with Crippen molar-refractivity contribution < 1.29 is 13.2 Å². The van der Waals surface area contributed by atoms with Gasteiger partial charge in [0.1, 0.15) is 0 Å². The van der Waals surface area contributed by atoms with E-state index in [2.05, 4.69) is 55.2 Å². The van der Waals surface area contributed by atoms with Crippen LogP contribution in [0.15, 0.2) is 29.4 Å². The number of hydrogen-bond acceptors (Lipinski definition) is 6. The molecule has 1 aromatic heterocycles. The highest BCUT2D eigenvalue weighted by molar-refractivity contribution is 7.99. The van der Waals surface area contributed by atoms with Crippen molar-refractivity contribution in [2.24, 2.45) is 7.05 Å². The van der Waals surface area contributed by atoms with Crippen LogP contribution in [0.5, 0.6) is 0 Å². The van der Waals surface area contributed by atoms with Gasteiger partial charge in [0.2, 0.25) is 5.91 Å². The summed E-state index contributed by atoms with van der Waals surface area (Å²) in [5, 5.41) is 9.37. The standard InChI is InChI=1S/C24H34N4O3S2/c1-24(2,3)18-11-9-17(10-12-18)22-25-26-23(27(22)4)32-15-21(29)28(19-7-5-6-8-19)20-13-14-33(30,31)16-20/h9-12,19-20H,5-8,13-16H2,1-4H3/t20-/m0/s1. The van der Waals surface area contributed by atoms with Crippen molar-refractivity contribution in [1.29, 1.82) is 0 Å². The maximum atomic E-state index is 13.3. The Bertz CT molecular complexity index is 1100. The largest absolute Gasteiger partial charge is 0.335 e. The number of carbonyl (C=O) groups is 1. The van der Waals surface area contributed by atoms with Crippen LogP contribution < -0.4 is 0 Å². The van der Waals surface area contributed by atoms with E-state index >= 15 is 0 Å². The fourth-order valence-electron chi connectivity index (χ4n) is 4.89. The van der Waals surface area contributed by atoms with Crippen LogP contribution in [0.4, 0.5) is 0 Å². The zero-order valence-electron chi connectivity index (χ0n) is 20.0. The second-order valence-corrected chi connectivity index (χ2v) is 13.4. The first kappa shape index (κ1) is 24.3. The van der Waals surface area contributed by atoms with Crippen molar-refractivity contribution >= 4 is 27.5 Å². The zero-order chi connectivity index (χ0) is 23.8. The molecule has 1 aromatic carbocycles. The number of nitrogens with zero attached hydrogens (tertiary/aromatic N) is 4. The summed E-state index contributed by atoms with van der Waals surface area (Å²) in [5.74, 6) is 1.29. The second kappa shape index (κ2) is 9.41. The third-order valence-electron chi connectivity index (χ3n) is 6.78. The van der Waals surface area contributed by atoms with E-state index < -0.39 is 9.84 Å². The molecule has 1 amide bonds. The molecule has 0 unspecified atom stereocenters. The number of carbonyl (C=O) groups excluding carboxylic acids is 1. The van der Waals surface area contributed by atoms with E-state index in [1.54, 1.807) is 0 Å². The average molecular weight is 491 g/mol. The first-order chi connectivity index (χ1) is 15.5. The fraction of sp³-hybridized carbons (Fsp3) is 0.625. The van der Waals surface area contributed by atoms with Gasteiger partial charge in [0.15, 0.2) is 20.8 Å². The van der Waals surface area contributed by atoms with Crippen LogP contribution in [0.1, 0.15) is 58.4 Å². The molecule has 0 spiro atoms. The summed E-state index contributed by atoms with van der Waals surface area (Å²) in [6.45, 7) is 6.56. The minimum Gasteiger partial charge on any atom is -0.335 e. The predicted molar refractivity (Wildman–Crippen MR) is 132 cm³/mol. The average Bonchev–Trinajstić information content (AvgIpc) is 3.48. The molecule has 7 nitrogen and oxygen atoms in total. The van der Waals surface area contributed by atoms with E-state index in [0.717, 1.165) is 37.1 Å². The highest BCUT2D eigenvalue weighted by atomic mass is 32.2. The topological polar surface area (TPSA) is 85.2 Å². The third-order valence-corrected chi connectivity index (χ3v) is 9.53. The molecule has 4 rings (SSSR count). The van der Waals surface area contributed by atoms with Crippen LogP contribution in [0.3, 0.4) is 0 Å². The molecular weight excluding hydrogens is 456 g/mol. The highest BCUT2D eigenvalue weighted by Gasteiger charge is 2.39. The Morgan fingerprint density at radius 3 is 2.33 bits per heavy atom. The molecular formula is C24H34N4O3S2. The molecule has 9 heteroatoms. The maximum Gasteiger partial charge on any atom is 0.233 e. The molecule has 0 bridgehead atoms. The lowest BCUT2D eigenvalue weighted by molar-refractivity contribution is -0.132. The molecule has 0 radical (unpaired) electrons. The van der Waals surface area contributed by atoms with Gasteiger partial charge in [0.25, 0.3) is 0 Å². The van der Waals surface area contributed by atoms with Crippen LogP contribution in [0.2, 0.25) is 0 Å². The van der Waals surface area contributed by atoms with E-state index in [1.165, 1.54) is 17.3 Å². The van der Waals surface area contributed by atoms with Crippen molar-refractivity contribution in [3.8, 4) is 11.4 Å². The van der Waals surface area contributed by atoms with Gasteiger partial charge in [-0.25, -0.2) is 8.42 Å². The van der Waals surface area contributed by atoms with Gasteiger partial charge < -0.3 is 9.47 Å². The Balaban J connectivity index is 1.46. The second-order valence-electron chi connectivity index (χ2n) is 10.3. The smallest absolute Gasteiger partial charge is 0.233 e. The molecule has 2 fully saturated rings. The summed E-state index contributed by atoms with van der Waals surface area (Å²) >= 11 is 1.37. The molecule has 1 saturated heterocycles. The van der Waals surface area contributed by atoms with Crippen molar-refractivity contribution in [2.45, 2.75) is 75.5 Å². The first-order valence-corrected chi connectivity index (χ1v) is 14.5. The van der Waals surface area contributed by atoms with E-state index in [1.807, 2.05) is 16.5 Å². The number of aromatic nitrogens is 3. The van der Waals surface area contributed by atoms with E-state index in [4.69, 9.17) is 0 Å². The SMILES string of the molecule is Cn1c(SCC(=O)N(C2CCCC2)[C@H]2CCS(=O)(=O)C2)nnc1-c1ccc(C(C)(C)C)cc1. The van der Waals surface area contributed by atoms with Crippen molar-refractivity contribution in [1.82, 2.24) is 19.7 Å². The number of thioether (sulfide) groups is 1. The van der Waals surface area contributed by atoms with Gasteiger partial charge in [-0.05, 0) is 30.2 Å². The van der Waals surface area contributed by atoms with Crippen LogP contribution in [0, 0.1) is 0 Å².